The molecule has 0 aliphatic rings. The Morgan fingerprint density at radius 1 is 1.40 bits per heavy atom. The molecular formula is C12H17Cl2NO3S2. The fraction of sp³-hybridized carbons (Fsp3) is 0.500. The van der Waals surface area contributed by atoms with E-state index in [0.717, 1.165) is 6.42 Å². The van der Waals surface area contributed by atoms with Crippen LogP contribution in [0.1, 0.15) is 18.9 Å². The Morgan fingerprint density at radius 3 is 2.60 bits per heavy atom. The molecule has 0 saturated carbocycles. The molecule has 0 spiro atoms. The summed E-state index contributed by atoms with van der Waals surface area (Å²) in [5, 5.41) is 9.76. The standard InChI is InChI=1S/C12H17Cl2NO3S2/c1-8(19-2)5-6-15-20(17,18)11-4-3-10(13)9(7-16)12(11)14/h3-4,8,15-16H,5-7H2,1-2H3. The molecule has 0 aromatic heterocycles. The quantitative estimate of drug-likeness (QED) is 0.787. The Balaban J connectivity index is 2.93. The lowest BCUT2D eigenvalue weighted by Gasteiger charge is -2.13. The molecule has 0 amide bonds. The fourth-order valence-electron chi connectivity index (χ4n) is 1.52. The Hall–Kier alpha value is 0.0200. The summed E-state index contributed by atoms with van der Waals surface area (Å²) in [5.74, 6) is 0. The molecule has 0 fully saturated rings. The zero-order chi connectivity index (χ0) is 15.3. The normalized spacial score (nSPS) is 13.4. The number of hydrogen-bond donors (Lipinski definition) is 2. The van der Waals surface area contributed by atoms with Crippen LogP contribution in [0.4, 0.5) is 0 Å². The lowest BCUT2D eigenvalue weighted by Crippen LogP contribution is -2.26. The van der Waals surface area contributed by atoms with E-state index in [2.05, 4.69) is 4.72 Å². The van der Waals surface area contributed by atoms with Gasteiger partial charge in [0, 0.05) is 22.4 Å². The molecule has 1 aromatic rings. The van der Waals surface area contributed by atoms with E-state index >= 15 is 0 Å². The lowest BCUT2D eigenvalue weighted by atomic mass is 10.2. The molecule has 0 aliphatic heterocycles. The molecule has 1 unspecified atom stereocenters. The van der Waals surface area contributed by atoms with Crippen molar-refractivity contribution in [3.8, 4) is 0 Å². The van der Waals surface area contributed by atoms with E-state index in [-0.39, 0.29) is 20.5 Å². The summed E-state index contributed by atoms with van der Waals surface area (Å²) < 4.78 is 26.9. The maximum Gasteiger partial charge on any atom is 0.242 e. The highest BCUT2D eigenvalue weighted by molar-refractivity contribution is 7.99. The first kappa shape index (κ1) is 18.1. The van der Waals surface area contributed by atoms with E-state index < -0.39 is 16.6 Å². The number of sulfonamides is 1. The van der Waals surface area contributed by atoms with Crippen molar-refractivity contribution in [2.24, 2.45) is 0 Å². The number of aliphatic hydroxyl groups is 1. The number of benzene rings is 1. The molecule has 1 aromatic carbocycles. The summed E-state index contributed by atoms with van der Waals surface area (Å²) >= 11 is 13.5. The minimum absolute atomic E-state index is 0.0367. The predicted octanol–water partition coefficient (Wildman–Crippen LogP) is 2.91. The fourth-order valence-corrected chi connectivity index (χ4v) is 3.82. The summed E-state index contributed by atoms with van der Waals surface area (Å²) in [6.45, 7) is 1.94. The second-order valence-corrected chi connectivity index (χ2v) is 8.03. The zero-order valence-electron chi connectivity index (χ0n) is 11.2. The molecule has 1 rings (SSSR count). The third-order valence-corrected chi connectivity index (χ3v) is 6.29. The van der Waals surface area contributed by atoms with Gasteiger partial charge in [0.05, 0.1) is 11.6 Å². The third kappa shape index (κ3) is 4.51. The maximum absolute atomic E-state index is 12.2. The molecule has 0 saturated heterocycles. The van der Waals surface area contributed by atoms with Gasteiger partial charge in [0.1, 0.15) is 4.90 Å². The van der Waals surface area contributed by atoms with Gasteiger partial charge in [0.15, 0.2) is 0 Å². The van der Waals surface area contributed by atoms with Crippen molar-refractivity contribution in [2.75, 3.05) is 12.8 Å². The van der Waals surface area contributed by atoms with Crippen LogP contribution in [-0.2, 0) is 16.6 Å². The minimum Gasteiger partial charge on any atom is -0.392 e. The van der Waals surface area contributed by atoms with Crippen LogP contribution in [0.5, 0.6) is 0 Å². The molecule has 20 heavy (non-hydrogen) atoms. The summed E-state index contributed by atoms with van der Waals surface area (Å²) in [5.41, 5.74) is 0.216. The molecule has 1 atom stereocenters. The summed E-state index contributed by atoms with van der Waals surface area (Å²) in [4.78, 5) is -0.0654. The SMILES string of the molecule is CSC(C)CCNS(=O)(=O)c1ccc(Cl)c(CO)c1Cl. The van der Waals surface area contributed by atoms with Crippen LogP contribution in [0.15, 0.2) is 17.0 Å². The van der Waals surface area contributed by atoms with Crippen LogP contribution < -0.4 is 4.72 Å². The average Bonchev–Trinajstić information content (AvgIpc) is 2.38. The first-order chi connectivity index (χ1) is 9.33. The minimum atomic E-state index is -3.71. The highest BCUT2D eigenvalue weighted by atomic mass is 35.5. The molecular weight excluding hydrogens is 341 g/mol. The summed E-state index contributed by atoms with van der Waals surface area (Å²) in [6, 6.07) is 2.75. The Morgan fingerprint density at radius 2 is 2.05 bits per heavy atom. The van der Waals surface area contributed by atoms with Gasteiger partial charge in [-0.25, -0.2) is 13.1 Å². The van der Waals surface area contributed by atoms with Crippen molar-refractivity contribution < 1.29 is 13.5 Å². The topological polar surface area (TPSA) is 66.4 Å². The predicted molar refractivity (Wildman–Crippen MR) is 85.2 cm³/mol. The van der Waals surface area contributed by atoms with Gasteiger partial charge in [0.2, 0.25) is 10.0 Å². The van der Waals surface area contributed by atoms with E-state index in [1.54, 1.807) is 11.8 Å². The van der Waals surface area contributed by atoms with E-state index in [1.165, 1.54) is 12.1 Å². The van der Waals surface area contributed by atoms with Crippen molar-refractivity contribution in [3.63, 3.8) is 0 Å². The van der Waals surface area contributed by atoms with Crippen LogP contribution in [0.25, 0.3) is 0 Å². The highest BCUT2D eigenvalue weighted by Gasteiger charge is 2.21. The van der Waals surface area contributed by atoms with Crippen LogP contribution in [0.3, 0.4) is 0 Å². The molecule has 114 valence electrons. The van der Waals surface area contributed by atoms with Gasteiger partial charge < -0.3 is 5.11 Å². The van der Waals surface area contributed by atoms with E-state index in [9.17, 15) is 13.5 Å². The van der Waals surface area contributed by atoms with Crippen LogP contribution in [0, 0.1) is 0 Å². The molecule has 0 aliphatic carbocycles. The monoisotopic (exact) mass is 357 g/mol. The lowest BCUT2D eigenvalue weighted by molar-refractivity contribution is 0.281. The zero-order valence-corrected chi connectivity index (χ0v) is 14.3. The van der Waals surface area contributed by atoms with Gasteiger partial charge in [-0.2, -0.15) is 11.8 Å². The van der Waals surface area contributed by atoms with Gasteiger partial charge in [-0.15, -0.1) is 0 Å². The van der Waals surface area contributed by atoms with Crippen LogP contribution >= 0.6 is 35.0 Å². The van der Waals surface area contributed by atoms with Crippen molar-refractivity contribution >= 4 is 45.0 Å². The Kier molecular flexibility index (Phi) is 7.11. The van der Waals surface area contributed by atoms with Crippen molar-refractivity contribution in [2.45, 2.75) is 30.1 Å². The van der Waals surface area contributed by atoms with E-state index in [0.29, 0.717) is 11.8 Å². The second-order valence-electron chi connectivity index (χ2n) is 4.23. The number of aliphatic hydroxyl groups excluding tert-OH is 1. The molecule has 0 radical (unpaired) electrons. The van der Waals surface area contributed by atoms with E-state index in [1.807, 2.05) is 13.2 Å². The molecule has 8 heteroatoms. The first-order valence-corrected chi connectivity index (χ1v) is 9.46. The van der Waals surface area contributed by atoms with Gasteiger partial charge >= 0.3 is 0 Å². The maximum atomic E-state index is 12.2. The third-order valence-electron chi connectivity index (χ3n) is 2.84. The summed E-state index contributed by atoms with van der Waals surface area (Å²) in [7, 11) is -3.71. The van der Waals surface area contributed by atoms with Gasteiger partial charge in [-0.3, -0.25) is 0 Å². The number of nitrogens with one attached hydrogen (secondary N) is 1. The van der Waals surface area contributed by atoms with E-state index in [4.69, 9.17) is 23.2 Å². The first-order valence-electron chi connectivity index (χ1n) is 5.93. The largest absolute Gasteiger partial charge is 0.392 e. The van der Waals surface area contributed by atoms with Gasteiger partial charge in [0.25, 0.3) is 0 Å². The highest BCUT2D eigenvalue weighted by Crippen LogP contribution is 2.30. The smallest absolute Gasteiger partial charge is 0.242 e. The van der Waals surface area contributed by atoms with Crippen molar-refractivity contribution in [3.05, 3.63) is 27.7 Å². The Labute approximate surface area is 133 Å². The van der Waals surface area contributed by atoms with Crippen molar-refractivity contribution in [1.29, 1.82) is 0 Å². The molecule has 4 nitrogen and oxygen atoms in total. The second kappa shape index (κ2) is 7.87. The van der Waals surface area contributed by atoms with Gasteiger partial charge in [-0.1, -0.05) is 30.1 Å². The van der Waals surface area contributed by atoms with Crippen LogP contribution in [0.2, 0.25) is 10.0 Å². The number of rotatable bonds is 7. The number of halogens is 2. The molecule has 0 heterocycles. The van der Waals surface area contributed by atoms with Gasteiger partial charge in [-0.05, 0) is 24.8 Å². The van der Waals surface area contributed by atoms with Crippen LogP contribution in [-0.4, -0.2) is 31.6 Å². The average molecular weight is 358 g/mol. The van der Waals surface area contributed by atoms with Crippen molar-refractivity contribution in [1.82, 2.24) is 4.72 Å². The number of thioether (sulfide) groups is 1. The number of hydrogen-bond acceptors (Lipinski definition) is 4. The molecule has 2 N–H and O–H groups in total. The summed E-state index contributed by atoms with van der Waals surface area (Å²) in [6.07, 6.45) is 2.70. The Bertz CT molecular complexity index is 564. The molecule has 0 bridgehead atoms.